The first-order chi connectivity index (χ1) is 11.6. The van der Waals surface area contributed by atoms with E-state index in [0.717, 1.165) is 22.9 Å². The van der Waals surface area contributed by atoms with Gasteiger partial charge in [-0.1, -0.05) is 27.2 Å². The van der Waals surface area contributed by atoms with Crippen molar-refractivity contribution < 1.29 is 8.91 Å². The molecular weight excluding hydrogens is 373 g/mol. The summed E-state index contributed by atoms with van der Waals surface area (Å²) in [6.07, 6.45) is 2.06. The van der Waals surface area contributed by atoms with Gasteiger partial charge in [-0.15, -0.1) is 0 Å². The van der Waals surface area contributed by atoms with Crippen LogP contribution in [0.3, 0.4) is 0 Å². The lowest BCUT2D eigenvalue weighted by Crippen LogP contribution is -2.18. The fraction of sp³-hybridized carbons (Fsp3) is 0.222. The quantitative estimate of drug-likeness (QED) is 0.744. The second kappa shape index (κ2) is 6.11. The third-order valence-corrected chi connectivity index (χ3v) is 4.74. The molecular formula is C18H15BrFN3O. The van der Waals surface area contributed by atoms with Crippen LogP contribution in [-0.4, -0.2) is 16.2 Å². The zero-order chi connectivity index (χ0) is 16.7. The average Bonchev–Trinajstić information content (AvgIpc) is 3.15. The zero-order valence-electron chi connectivity index (χ0n) is 12.8. The highest BCUT2D eigenvalue weighted by Crippen LogP contribution is 2.27. The number of nitrogens with two attached hydrogens (primary N) is 1. The van der Waals surface area contributed by atoms with Gasteiger partial charge in [0, 0.05) is 22.5 Å². The van der Waals surface area contributed by atoms with Crippen molar-refractivity contribution in [3.63, 3.8) is 0 Å². The van der Waals surface area contributed by atoms with Crippen LogP contribution in [0.5, 0.6) is 0 Å². The molecule has 0 bridgehead atoms. The zero-order valence-corrected chi connectivity index (χ0v) is 14.4. The molecule has 1 aliphatic rings. The molecule has 0 saturated carbocycles. The van der Waals surface area contributed by atoms with Gasteiger partial charge in [0.05, 0.1) is 0 Å². The summed E-state index contributed by atoms with van der Waals surface area (Å²) in [5, 5.41) is 3.97. The molecule has 1 aromatic heterocycles. The van der Waals surface area contributed by atoms with Gasteiger partial charge in [0.1, 0.15) is 5.82 Å². The first-order valence-corrected chi connectivity index (χ1v) is 8.52. The summed E-state index contributed by atoms with van der Waals surface area (Å²) in [4.78, 5) is 4.40. The monoisotopic (exact) mass is 387 g/mol. The smallest absolute Gasteiger partial charge is 0.257 e. The number of halogens is 2. The topological polar surface area (TPSA) is 64.9 Å². The molecule has 0 aliphatic heterocycles. The largest absolute Gasteiger partial charge is 0.334 e. The van der Waals surface area contributed by atoms with Crippen LogP contribution in [0, 0.1) is 5.82 Å². The normalized spacial score (nSPS) is 16.4. The van der Waals surface area contributed by atoms with E-state index in [1.54, 1.807) is 12.1 Å². The number of hydrogen-bond donors (Lipinski definition) is 1. The summed E-state index contributed by atoms with van der Waals surface area (Å²) in [5.41, 5.74) is 9.91. The van der Waals surface area contributed by atoms with Crippen LogP contribution in [-0.2, 0) is 19.3 Å². The Morgan fingerprint density at radius 2 is 2.00 bits per heavy atom. The second-order valence-corrected chi connectivity index (χ2v) is 7.00. The van der Waals surface area contributed by atoms with Gasteiger partial charge >= 0.3 is 0 Å². The summed E-state index contributed by atoms with van der Waals surface area (Å²) >= 11 is 3.34. The Labute approximate surface area is 147 Å². The molecule has 122 valence electrons. The van der Waals surface area contributed by atoms with E-state index in [1.807, 2.05) is 6.07 Å². The van der Waals surface area contributed by atoms with Crippen molar-refractivity contribution in [3.05, 3.63) is 69.2 Å². The van der Waals surface area contributed by atoms with E-state index in [4.69, 9.17) is 10.3 Å². The lowest BCUT2D eigenvalue weighted by molar-refractivity contribution is 0.423. The van der Waals surface area contributed by atoms with Crippen molar-refractivity contribution in [1.82, 2.24) is 10.1 Å². The molecule has 4 rings (SSSR count). The van der Waals surface area contributed by atoms with Gasteiger partial charge in [0.25, 0.3) is 5.89 Å². The van der Waals surface area contributed by atoms with Crippen LogP contribution in [0.4, 0.5) is 4.39 Å². The molecule has 24 heavy (non-hydrogen) atoms. The van der Waals surface area contributed by atoms with Gasteiger partial charge in [-0.25, -0.2) is 4.39 Å². The van der Waals surface area contributed by atoms with Crippen molar-refractivity contribution in [3.8, 4) is 11.5 Å². The highest BCUT2D eigenvalue weighted by Gasteiger charge is 2.20. The maximum absolute atomic E-state index is 13.9. The number of aromatic nitrogens is 2. The van der Waals surface area contributed by atoms with Crippen LogP contribution in [0.2, 0.25) is 0 Å². The second-order valence-electron chi connectivity index (χ2n) is 6.08. The van der Waals surface area contributed by atoms with E-state index in [2.05, 4.69) is 38.2 Å². The molecule has 3 aromatic rings. The van der Waals surface area contributed by atoms with Gasteiger partial charge in [-0.3, -0.25) is 0 Å². The first kappa shape index (κ1) is 15.5. The number of benzene rings is 2. The number of hydrogen-bond acceptors (Lipinski definition) is 4. The molecule has 4 nitrogen and oxygen atoms in total. The van der Waals surface area contributed by atoms with E-state index in [-0.39, 0.29) is 18.3 Å². The lowest BCUT2D eigenvalue weighted by Gasteiger charge is -2.01. The van der Waals surface area contributed by atoms with Gasteiger partial charge in [-0.05, 0) is 59.9 Å². The summed E-state index contributed by atoms with van der Waals surface area (Å²) < 4.78 is 20.0. The molecule has 0 radical (unpaired) electrons. The van der Waals surface area contributed by atoms with Crippen molar-refractivity contribution in [1.29, 1.82) is 0 Å². The predicted molar refractivity (Wildman–Crippen MR) is 92.0 cm³/mol. The van der Waals surface area contributed by atoms with E-state index in [9.17, 15) is 4.39 Å². The van der Waals surface area contributed by atoms with Crippen LogP contribution in [0.25, 0.3) is 11.5 Å². The maximum Gasteiger partial charge on any atom is 0.257 e. The Morgan fingerprint density at radius 3 is 2.88 bits per heavy atom. The number of nitrogens with zero attached hydrogens (tertiary/aromatic N) is 2. The molecule has 1 atom stereocenters. The molecule has 0 saturated heterocycles. The minimum atomic E-state index is -0.281. The van der Waals surface area contributed by atoms with Gasteiger partial charge in [0.15, 0.2) is 5.82 Å². The Bertz CT molecular complexity index is 909. The number of rotatable bonds is 3. The van der Waals surface area contributed by atoms with Gasteiger partial charge in [0.2, 0.25) is 0 Å². The Hall–Kier alpha value is -2.05. The Kier molecular flexibility index (Phi) is 3.94. The average molecular weight is 388 g/mol. The SMILES string of the molecule is NC1Cc2ccc(-c3nc(Cc4cc(Br)ccc4F)no3)cc2C1. The van der Waals surface area contributed by atoms with Crippen molar-refractivity contribution in [2.24, 2.45) is 5.73 Å². The fourth-order valence-electron chi connectivity index (χ4n) is 3.08. The molecule has 0 fully saturated rings. The standard InChI is InChI=1S/C18H15BrFN3O/c19-14-3-4-16(20)13(6-14)9-17-22-18(24-23-17)11-2-1-10-7-15(21)8-12(10)5-11/h1-6,15H,7-9,21H2. The van der Waals surface area contributed by atoms with Gasteiger partial charge in [-0.2, -0.15) is 4.98 Å². The molecule has 1 unspecified atom stereocenters. The summed E-state index contributed by atoms with van der Waals surface area (Å²) in [6.45, 7) is 0. The highest BCUT2D eigenvalue weighted by atomic mass is 79.9. The maximum atomic E-state index is 13.9. The summed E-state index contributed by atoms with van der Waals surface area (Å²) in [7, 11) is 0. The van der Waals surface area contributed by atoms with E-state index in [1.165, 1.54) is 17.2 Å². The molecule has 2 aromatic carbocycles. The van der Waals surface area contributed by atoms with Crippen LogP contribution < -0.4 is 5.73 Å². The van der Waals surface area contributed by atoms with Crippen LogP contribution in [0.1, 0.15) is 22.5 Å². The lowest BCUT2D eigenvalue weighted by atomic mass is 10.1. The Morgan fingerprint density at radius 1 is 1.17 bits per heavy atom. The minimum absolute atomic E-state index is 0.188. The molecule has 0 amide bonds. The van der Waals surface area contributed by atoms with Crippen LogP contribution in [0.15, 0.2) is 45.4 Å². The predicted octanol–water partition coefficient (Wildman–Crippen LogP) is 3.65. The molecule has 1 aliphatic carbocycles. The summed E-state index contributed by atoms with van der Waals surface area (Å²) in [5.74, 6) is 0.624. The Balaban J connectivity index is 1.59. The molecule has 2 N–H and O–H groups in total. The third kappa shape index (κ3) is 2.99. The van der Waals surface area contributed by atoms with E-state index < -0.39 is 0 Å². The van der Waals surface area contributed by atoms with Crippen molar-refractivity contribution in [2.75, 3.05) is 0 Å². The summed E-state index contributed by atoms with van der Waals surface area (Å²) in [6, 6.07) is 11.1. The third-order valence-electron chi connectivity index (χ3n) is 4.24. The highest BCUT2D eigenvalue weighted by molar-refractivity contribution is 9.10. The number of fused-ring (bicyclic) bond motifs is 1. The van der Waals surface area contributed by atoms with Crippen molar-refractivity contribution >= 4 is 15.9 Å². The molecule has 6 heteroatoms. The van der Waals surface area contributed by atoms with E-state index >= 15 is 0 Å². The van der Waals surface area contributed by atoms with E-state index in [0.29, 0.717) is 17.3 Å². The minimum Gasteiger partial charge on any atom is -0.334 e. The molecule has 1 heterocycles. The fourth-order valence-corrected chi connectivity index (χ4v) is 3.49. The van der Waals surface area contributed by atoms with Crippen LogP contribution >= 0.6 is 15.9 Å². The molecule has 0 spiro atoms. The van der Waals surface area contributed by atoms with Crippen molar-refractivity contribution in [2.45, 2.75) is 25.3 Å². The first-order valence-electron chi connectivity index (χ1n) is 7.73. The van der Waals surface area contributed by atoms with Gasteiger partial charge < -0.3 is 10.3 Å².